The number of phenols is 1. The molecule has 13 heavy (non-hydrogen) atoms. The second kappa shape index (κ2) is 5.21. The summed E-state index contributed by atoms with van der Waals surface area (Å²) in [6, 6.07) is 9.35. The minimum absolute atomic E-state index is 0.306. The zero-order valence-electron chi connectivity index (χ0n) is 7.53. The van der Waals surface area contributed by atoms with Crippen molar-refractivity contribution in [1.82, 2.24) is 0 Å². The van der Waals surface area contributed by atoms with Gasteiger partial charge < -0.3 is 5.11 Å². The van der Waals surface area contributed by atoms with E-state index in [9.17, 15) is 0 Å². The second-order valence-corrected chi connectivity index (χ2v) is 3.03. The molecule has 68 valence electrons. The molecule has 0 aliphatic heterocycles. The molecule has 0 amide bonds. The van der Waals surface area contributed by atoms with E-state index in [1.54, 1.807) is 12.1 Å². The number of nitriles is 1. The number of aryl methyl sites for hydroxylation is 1. The van der Waals surface area contributed by atoms with E-state index >= 15 is 0 Å². The van der Waals surface area contributed by atoms with Crippen molar-refractivity contribution in [2.24, 2.45) is 0 Å². The summed E-state index contributed by atoms with van der Waals surface area (Å²) in [5.74, 6) is 0.306. The van der Waals surface area contributed by atoms with Crippen LogP contribution in [0.25, 0.3) is 0 Å². The number of rotatable bonds is 4. The van der Waals surface area contributed by atoms with Crippen molar-refractivity contribution in [3.8, 4) is 11.8 Å². The van der Waals surface area contributed by atoms with Gasteiger partial charge in [-0.15, -0.1) is 0 Å². The Labute approximate surface area is 78.4 Å². The van der Waals surface area contributed by atoms with Gasteiger partial charge in [0.05, 0.1) is 6.07 Å². The van der Waals surface area contributed by atoms with Crippen LogP contribution in [-0.2, 0) is 6.42 Å². The zero-order valence-corrected chi connectivity index (χ0v) is 7.53. The highest BCUT2D eigenvalue weighted by Gasteiger charge is 1.93. The molecule has 2 heteroatoms. The molecule has 0 heterocycles. The molecule has 1 N–H and O–H groups in total. The maximum Gasteiger partial charge on any atom is 0.115 e. The molecule has 0 saturated carbocycles. The molecule has 1 aromatic carbocycles. The van der Waals surface area contributed by atoms with Crippen LogP contribution in [0.2, 0.25) is 0 Å². The Bertz CT molecular complexity index is 284. The van der Waals surface area contributed by atoms with Crippen LogP contribution in [0.3, 0.4) is 0 Å². The Hall–Kier alpha value is -1.49. The zero-order chi connectivity index (χ0) is 9.52. The van der Waals surface area contributed by atoms with Crippen LogP contribution in [0, 0.1) is 11.3 Å². The van der Waals surface area contributed by atoms with E-state index in [-0.39, 0.29) is 0 Å². The maximum absolute atomic E-state index is 9.02. The Morgan fingerprint density at radius 3 is 2.46 bits per heavy atom. The van der Waals surface area contributed by atoms with Gasteiger partial charge in [-0.2, -0.15) is 5.26 Å². The fourth-order valence-electron chi connectivity index (χ4n) is 1.20. The molecule has 0 unspecified atom stereocenters. The summed E-state index contributed by atoms with van der Waals surface area (Å²) in [7, 11) is 0. The molecule has 0 aromatic heterocycles. The SMILES string of the molecule is N#CCCCCc1ccc(O)cc1. The summed E-state index contributed by atoms with van der Waals surface area (Å²) in [5.41, 5.74) is 1.22. The van der Waals surface area contributed by atoms with Gasteiger partial charge in [-0.05, 0) is 37.0 Å². The standard InChI is InChI=1S/C11H13NO/c12-9-3-1-2-4-10-5-7-11(13)8-6-10/h5-8,13H,1-4H2. The lowest BCUT2D eigenvalue weighted by atomic mass is 10.1. The minimum Gasteiger partial charge on any atom is -0.508 e. The molecule has 0 spiro atoms. The molecule has 2 nitrogen and oxygen atoms in total. The van der Waals surface area contributed by atoms with Crippen molar-refractivity contribution in [2.45, 2.75) is 25.7 Å². The summed E-state index contributed by atoms with van der Waals surface area (Å²) in [4.78, 5) is 0. The summed E-state index contributed by atoms with van der Waals surface area (Å²) >= 11 is 0. The summed E-state index contributed by atoms with van der Waals surface area (Å²) in [5, 5.41) is 17.3. The van der Waals surface area contributed by atoms with Crippen LogP contribution >= 0.6 is 0 Å². The van der Waals surface area contributed by atoms with Gasteiger partial charge in [0.2, 0.25) is 0 Å². The van der Waals surface area contributed by atoms with Crippen molar-refractivity contribution >= 4 is 0 Å². The van der Waals surface area contributed by atoms with Crippen LogP contribution in [0.4, 0.5) is 0 Å². The molecule has 0 aliphatic rings. The lowest BCUT2D eigenvalue weighted by Crippen LogP contribution is -1.84. The fourth-order valence-corrected chi connectivity index (χ4v) is 1.20. The lowest BCUT2D eigenvalue weighted by Gasteiger charge is -1.99. The van der Waals surface area contributed by atoms with E-state index in [2.05, 4.69) is 6.07 Å². The predicted molar refractivity (Wildman–Crippen MR) is 51.3 cm³/mol. The molecular formula is C11H13NO. The Balaban J connectivity index is 2.30. The number of nitrogens with zero attached hydrogens (tertiary/aromatic N) is 1. The third-order valence-electron chi connectivity index (χ3n) is 1.94. The summed E-state index contributed by atoms with van der Waals surface area (Å²) < 4.78 is 0. The van der Waals surface area contributed by atoms with Gasteiger partial charge in [-0.1, -0.05) is 12.1 Å². The molecule has 0 fully saturated rings. The normalized spacial score (nSPS) is 9.46. The smallest absolute Gasteiger partial charge is 0.115 e. The van der Waals surface area contributed by atoms with E-state index in [1.165, 1.54) is 5.56 Å². The molecule has 1 rings (SSSR count). The largest absolute Gasteiger partial charge is 0.508 e. The fraction of sp³-hybridized carbons (Fsp3) is 0.364. The highest BCUT2D eigenvalue weighted by Crippen LogP contribution is 2.12. The van der Waals surface area contributed by atoms with Gasteiger partial charge in [0, 0.05) is 6.42 Å². The monoisotopic (exact) mass is 175 g/mol. The Morgan fingerprint density at radius 1 is 1.15 bits per heavy atom. The molecule has 0 atom stereocenters. The average molecular weight is 175 g/mol. The van der Waals surface area contributed by atoms with Crippen LogP contribution in [0.15, 0.2) is 24.3 Å². The average Bonchev–Trinajstić information content (AvgIpc) is 2.15. The molecule has 0 bridgehead atoms. The van der Waals surface area contributed by atoms with E-state index in [1.807, 2.05) is 12.1 Å². The molecule has 0 saturated heterocycles. The van der Waals surface area contributed by atoms with Crippen LogP contribution in [0.5, 0.6) is 5.75 Å². The predicted octanol–water partition coefficient (Wildman–Crippen LogP) is 2.63. The van der Waals surface area contributed by atoms with Crippen molar-refractivity contribution in [3.63, 3.8) is 0 Å². The first-order valence-electron chi connectivity index (χ1n) is 4.48. The number of benzene rings is 1. The van der Waals surface area contributed by atoms with Crippen LogP contribution in [-0.4, -0.2) is 5.11 Å². The van der Waals surface area contributed by atoms with Gasteiger partial charge in [-0.25, -0.2) is 0 Å². The highest BCUT2D eigenvalue weighted by molar-refractivity contribution is 5.25. The first-order chi connectivity index (χ1) is 6.33. The summed E-state index contributed by atoms with van der Waals surface area (Å²) in [6.45, 7) is 0. The number of phenolic OH excluding ortho intramolecular Hbond substituents is 1. The van der Waals surface area contributed by atoms with Crippen LogP contribution < -0.4 is 0 Å². The van der Waals surface area contributed by atoms with Gasteiger partial charge in [-0.3, -0.25) is 0 Å². The third-order valence-corrected chi connectivity index (χ3v) is 1.94. The van der Waals surface area contributed by atoms with E-state index < -0.39 is 0 Å². The van der Waals surface area contributed by atoms with Crippen molar-refractivity contribution in [3.05, 3.63) is 29.8 Å². The van der Waals surface area contributed by atoms with Crippen molar-refractivity contribution < 1.29 is 5.11 Å². The van der Waals surface area contributed by atoms with Gasteiger partial charge >= 0.3 is 0 Å². The molecule has 0 radical (unpaired) electrons. The van der Waals surface area contributed by atoms with Gasteiger partial charge in [0.1, 0.15) is 5.75 Å². The first kappa shape index (κ1) is 9.60. The number of unbranched alkanes of at least 4 members (excludes halogenated alkanes) is 2. The quantitative estimate of drug-likeness (QED) is 0.715. The Morgan fingerprint density at radius 2 is 1.85 bits per heavy atom. The molecule has 0 aliphatic carbocycles. The second-order valence-electron chi connectivity index (χ2n) is 3.03. The number of hydrogen-bond acceptors (Lipinski definition) is 2. The molecular weight excluding hydrogens is 162 g/mol. The first-order valence-corrected chi connectivity index (χ1v) is 4.48. The summed E-state index contributed by atoms with van der Waals surface area (Å²) in [6.07, 6.45) is 3.62. The van der Waals surface area contributed by atoms with Gasteiger partial charge in [0.15, 0.2) is 0 Å². The van der Waals surface area contributed by atoms with E-state index in [0.29, 0.717) is 12.2 Å². The van der Waals surface area contributed by atoms with E-state index in [4.69, 9.17) is 10.4 Å². The number of hydrogen-bond donors (Lipinski definition) is 1. The molecule has 1 aromatic rings. The van der Waals surface area contributed by atoms with Crippen molar-refractivity contribution in [2.75, 3.05) is 0 Å². The lowest BCUT2D eigenvalue weighted by molar-refractivity contribution is 0.475. The van der Waals surface area contributed by atoms with Crippen molar-refractivity contribution in [1.29, 1.82) is 5.26 Å². The Kier molecular flexibility index (Phi) is 3.84. The topological polar surface area (TPSA) is 44.0 Å². The minimum atomic E-state index is 0.306. The van der Waals surface area contributed by atoms with E-state index in [0.717, 1.165) is 19.3 Å². The van der Waals surface area contributed by atoms with Crippen LogP contribution in [0.1, 0.15) is 24.8 Å². The third kappa shape index (κ3) is 3.62. The number of aromatic hydroxyl groups is 1. The maximum atomic E-state index is 9.02. The highest BCUT2D eigenvalue weighted by atomic mass is 16.3. The van der Waals surface area contributed by atoms with Gasteiger partial charge in [0.25, 0.3) is 0 Å².